The van der Waals surface area contributed by atoms with Crippen LogP contribution in [-0.2, 0) is 0 Å². The van der Waals surface area contributed by atoms with Crippen LogP contribution in [0.1, 0.15) is 34.6 Å². The summed E-state index contributed by atoms with van der Waals surface area (Å²) in [6.45, 7) is 4.04. The number of hydrogen-bond donors (Lipinski definition) is 1. The second-order valence-electron chi connectivity index (χ2n) is 4.73. The molecule has 19 heavy (non-hydrogen) atoms. The molecule has 6 heteroatoms. The van der Waals surface area contributed by atoms with Gasteiger partial charge in [-0.15, -0.1) is 0 Å². The van der Waals surface area contributed by atoms with E-state index in [4.69, 9.17) is 0 Å². The number of benzene rings is 1. The number of thiol groups is 1. The lowest BCUT2D eigenvalue weighted by molar-refractivity contribution is 0.0198. The standard InChI is InChI=1S/C13H14N2O3S/c1-8(2)7-14(13(18)19)15-11(16)9-5-3-4-6-10(9)12(15)17/h3-6,8H,7H2,1-2H3,(H,18,19). The van der Waals surface area contributed by atoms with Crippen molar-refractivity contribution in [2.24, 2.45) is 5.92 Å². The summed E-state index contributed by atoms with van der Waals surface area (Å²) in [5.41, 5.74) is 0.631. The first kappa shape index (κ1) is 13.6. The minimum atomic E-state index is -0.622. The van der Waals surface area contributed by atoms with Crippen molar-refractivity contribution in [3.8, 4) is 0 Å². The lowest BCUT2D eigenvalue weighted by atomic mass is 10.1. The molecule has 0 fully saturated rings. The van der Waals surface area contributed by atoms with Crippen LogP contribution >= 0.6 is 12.6 Å². The molecule has 0 saturated carbocycles. The minimum Gasteiger partial charge on any atom is -0.267 e. The molecule has 3 amide bonds. The molecule has 0 atom stereocenters. The van der Waals surface area contributed by atoms with Gasteiger partial charge in [-0.2, -0.15) is 5.01 Å². The molecule has 0 aromatic heterocycles. The highest BCUT2D eigenvalue weighted by Gasteiger charge is 2.40. The molecule has 0 radical (unpaired) electrons. The topological polar surface area (TPSA) is 57.7 Å². The first-order chi connectivity index (χ1) is 8.93. The van der Waals surface area contributed by atoms with E-state index in [1.165, 1.54) is 0 Å². The summed E-state index contributed by atoms with van der Waals surface area (Å²) in [4.78, 5) is 36.0. The van der Waals surface area contributed by atoms with Gasteiger partial charge < -0.3 is 0 Å². The van der Waals surface area contributed by atoms with E-state index in [1.807, 2.05) is 13.8 Å². The van der Waals surface area contributed by atoms with Crippen molar-refractivity contribution in [2.45, 2.75) is 13.8 Å². The Kier molecular flexibility index (Phi) is 3.61. The van der Waals surface area contributed by atoms with Crippen molar-refractivity contribution >= 4 is 29.7 Å². The molecule has 0 aliphatic carbocycles. The van der Waals surface area contributed by atoms with Gasteiger partial charge in [0.15, 0.2) is 0 Å². The highest BCUT2D eigenvalue weighted by molar-refractivity contribution is 7.96. The molecule has 0 spiro atoms. The molecule has 1 aliphatic rings. The highest BCUT2D eigenvalue weighted by Crippen LogP contribution is 2.25. The number of hydrogen-bond acceptors (Lipinski definition) is 3. The van der Waals surface area contributed by atoms with Crippen molar-refractivity contribution in [3.63, 3.8) is 0 Å². The van der Waals surface area contributed by atoms with Gasteiger partial charge in [0, 0.05) is 6.54 Å². The van der Waals surface area contributed by atoms with Crippen LogP contribution in [-0.4, -0.2) is 33.6 Å². The molecule has 5 nitrogen and oxygen atoms in total. The van der Waals surface area contributed by atoms with E-state index < -0.39 is 17.1 Å². The van der Waals surface area contributed by atoms with Crippen LogP contribution in [0.25, 0.3) is 0 Å². The third-order valence-corrected chi connectivity index (χ3v) is 3.00. The Labute approximate surface area is 116 Å². The zero-order chi connectivity index (χ0) is 14.2. The van der Waals surface area contributed by atoms with E-state index in [-0.39, 0.29) is 12.5 Å². The van der Waals surface area contributed by atoms with E-state index in [0.29, 0.717) is 11.1 Å². The number of carbonyl (C=O) groups is 3. The van der Waals surface area contributed by atoms with Crippen LogP contribution in [0.2, 0.25) is 0 Å². The normalized spacial score (nSPS) is 14.0. The predicted octanol–water partition coefficient (Wildman–Crippen LogP) is 2.21. The maximum atomic E-state index is 12.2. The zero-order valence-corrected chi connectivity index (χ0v) is 11.6. The molecule has 0 bridgehead atoms. The van der Waals surface area contributed by atoms with Gasteiger partial charge in [0.1, 0.15) is 0 Å². The molecular formula is C13H14N2O3S. The quantitative estimate of drug-likeness (QED) is 0.681. The number of amides is 3. The van der Waals surface area contributed by atoms with Gasteiger partial charge in [-0.1, -0.05) is 38.6 Å². The molecule has 100 valence electrons. The van der Waals surface area contributed by atoms with Crippen LogP contribution in [0.4, 0.5) is 4.79 Å². The Hall–Kier alpha value is -1.82. The predicted molar refractivity (Wildman–Crippen MR) is 72.9 cm³/mol. The molecule has 2 rings (SSSR count). The lowest BCUT2D eigenvalue weighted by Crippen LogP contribution is -2.49. The molecule has 0 unspecified atom stereocenters. The van der Waals surface area contributed by atoms with Crippen LogP contribution in [0, 0.1) is 5.92 Å². The van der Waals surface area contributed by atoms with Crippen molar-refractivity contribution in [1.29, 1.82) is 0 Å². The maximum absolute atomic E-state index is 12.2. The number of nitrogens with zero attached hydrogens (tertiary/aromatic N) is 2. The van der Waals surface area contributed by atoms with Gasteiger partial charge in [-0.25, -0.2) is 5.01 Å². The molecule has 1 heterocycles. The van der Waals surface area contributed by atoms with E-state index >= 15 is 0 Å². The van der Waals surface area contributed by atoms with Crippen LogP contribution < -0.4 is 0 Å². The third kappa shape index (κ3) is 2.35. The van der Waals surface area contributed by atoms with E-state index in [2.05, 4.69) is 12.6 Å². The number of fused-ring (bicyclic) bond motifs is 1. The van der Waals surface area contributed by atoms with Gasteiger partial charge >= 0.3 is 0 Å². The number of imide groups is 1. The molecule has 0 N–H and O–H groups in total. The van der Waals surface area contributed by atoms with Crippen molar-refractivity contribution < 1.29 is 14.4 Å². The summed E-state index contributed by atoms with van der Waals surface area (Å²) >= 11 is 3.74. The molecule has 1 aromatic rings. The average molecular weight is 278 g/mol. The maximum Gasteiger partial charge on any atom is 0.297 e. The summed E-state index contributed by atoms with van der Waals surface area (Å²) < 4.78 is 0. The van der Waals surface area contributed by atoms with Crippen molar-refractivity contribution in [1.82, 2.24) is 10.0 Å². The van der Waals surface area contributed by atoms with Crippen LogP contribution in [0.3, 0.4) is 0 Å². The van der Waals surface area contributed by atoms with Gasteiger partial charge in [-0.05, 0) is 18.1 Å². The summed E-state index contributed by atoms with van der Waals surface area (Å²) in [6, 6.07) is 6.52. The van der Waals surface area contributed by atoms with Gasteiger partial charge in [0.2, 0.25) is 0 Å². The molecule has 0 saturated heterocycles. The lowest BCUT2D eigenvalue weighted by Gasteiger charge is -2.29. The summed E-state index contributed by atoms with van der Waals surface area (Å²) in [7, 11) is 0. The second kappa shape index (κ2) is 5.05. The number of hydrazine groups is 1. The monoisotopic (exact) mass is 278 g/mol. The Balaban J connectivity index is 2.39. The smallest absolute Gasteiger partial charge is 0.267 e. The summed E-state index contributed by atoms with van der Waals surface area (Å²) in [6.07, 6.45) is 0. The van der Waals surface area contributed by atoms with Gasteiger partial charge in [0.25, 0.3) is 17.1 Å². The third-order valence-electron chi connectivity index (χ3n) is 2.77. The number of rotatable bonds is 3. The Morgan fingerprint density at radius 3 is 2.05 bits per heavy atom. The fourth-order valence-corrected chi connectivity index (χ4v) is 2.16. The molecule has 1 aromatic carbocycles. The van der Waals surface area contributed by atoms with Gasteiger partial charge in [-0.3, -0.25) is 14.4 Å². The Morgan fingerprint density at radius 2 is 1.68 bits per heavy atom. The van der Waals surface area contributed by atoms with E-state index in [1.54, 1.807) is 24.3 Å². The first-order valence-electron chi connectivity index (χ1n) is 5.91. The second-order valence-corrected chi connectivity index (χ2v) is 5.11. The summed E-state index contributed by atoms with van der Waals surface area (Å²) in [5, 5.41) is 1.33. The number of carbonyl (C=O) groups excluding carboxylic acids is 3. The Bertz CT molecular complexity index is 522. The van der Waals surface area contributed by atoms with Crippen LogP contribution in [0.15, 0.2) is 24.3 Å². The fraction of sp³-hybridized carbons (Fsp3) is 0.308. The van der Waals surface area contributed by atoms with Crippen LogP contribution in [0.5, 0.6) is 0 Å². The van der Waals surface area contributed by atoms with E-state index in [9.17, 15) is 14.4 Å². The molecule has 1 aliphatic heterocycles. The first-order valence-corrected chi connectivity index (χ1v) is 6.36. The minimum absolute atomic E-state index is 0.111. The SMILES string of the molecule is CC(C)CN(C(=O)S)N1C(=O)c2ccccc2C1=O. The largest absolute Gasteiger partial charge is 0.297 e. The van der Waals surface area contributed by atoms with Crippen molar-refractivity contribution in [3.05, 3.63) is 35.4 Å². The van der Waals surface area contributed by atoms with E-state index in [0.717, 1.165) is 10.0 Å². The average Bonchev–Trinajstić information content (AvgIpc) is 2.60. The van der Waals surface area contributed by atoms with Gasteiger partial charge in [0.05, 0.1) is 11.1 Å². The summed E-state index contributed by atoms with van der Waals surface area (Å²) in [5.74, 6) is -0.854. The zero-order valence-electron chi connectivity index (χ0n) is 10.7. The molecular weight excluding hydrogens is 264 g/mol. The van der Waals surface area contributed by atoms with Crippen molar-refractivity contribution in [2.75, 3.05) is 6.54 Å². The fourth-order valence-electron chi connectivity index (χ4n) is 1.99. The highest BCUT2D eigenvalue weighted by atomic mass is 32.1. The Morgan fingerprint density at radius 1 is 1.21 bits per heavy atom.